The molecule has 0 amide bonds. The Hall–Kier alpha value is 0.631. The molecule has 50 valence electrons. The summed E-state index contributed by atoms with van der Waals surface area (Å²) in [5, 5.41) is 0. The van der Waals surface area contributed by atoms with E-state index in [0.717, 1.165) is 0 Å². The van der Waals surface area contributed by atoms with E-state index in [4.69, 9.17) is 0 Å². The van der Waals surface area contributed by atoms with Crippen LogP contribution >= 0.6 is 0 Å². The summed E-state index contributed by atoms with van der Waals surface area (Å²) < 4.78 is 0. The fourth-order valence-electron chi connectivity index (χ4n) is 0.246. The molecule has 0 N–H and O–H groups in total. The number of aromatic nitrogens is 1. The molecule has 0 unspecified atom stereocenters. The molecule has 1 aromatic rings. The van der Waals surface area contributed by atoms with Gasteiger partial charge >= 0.3 is 44.8 Å². The second-order valence-corrected chi connectivity index (χ2v) is 0.885. The molecule has 0 bridgehead atoms. The van der Waals surface area contributed by atoms with Crippen LogP contribution in [0.2, 0.25) is 0 Å². The van der Waals surface area contributed by atoms with Crippen molar-refractivity contribution in [3.8, 4) is 0 Å². The molecular formula is C5H3Ag2N. The third-order valence-corrected chi connectivity index (χ3v) is 0.468. The van der Waals surface area contributed by atoms with Crippen LogP contribution in [0, 0.1) is 12.3 Å². The predicted molar refractivity (Wildman–Crippen MR) is 21.9 cm³/mol. The summed E-state index contributed by atoms with van der Waals surface area (Å²) in [6.07, 6.45) is 4.23. The number of rotatable bonds is 0. The number of pyridine rings is 1. The van der Waals surface area contributed by atoms with Gasteiger partial charge in [0.2, 0.25) is 0 Å². The van der Waals surface area contributed by atoms with Crippen molar-refractivity contribution in [1.29, 1.82) is 0 Å². The first-order valence-corrected chi connectivity index (χ1v) is 1.68. The molecule has 0 aliphatic heterocycles. The maximum atomic E-state index is 3.63. The molecule has 0 spiro atoms. The zero-order chi connectivity index (χ0) is 4.24. The molecule has 0 aliphatic rings. The van der Waals surface area contributed by atoms with Crippen molar-refractivity contribution in [1.82, 2.24) is 4.98 Å². The fourth-order valence-corrected chi connectivity index (χ4v) is 0.246. The van der Waals surface area contributed by atoms with E-state index in [1.165, 1.54) is 0 Å². The van der Waals surface area contributed by atoms with E-state index in [1.807, 2.05) is 0 Å². The standard InChI is InChI=1S/C5H3N.2Ag/c1-2-4-6-5-3-1;;/h2-4H;;/q-2;2*+1. The second-order valence-electron chi connectivity index (χ2n) is 0.885. The maximum absolute atomic E-state index is 3.63. The Kier molecular flexibility index (Phi) is 10.9. The first kappa shape index (κ1) is 11.4. The molecule has 8 heavy (non-hydrogen) atoms. The van der Waals surface area contributed by atoms with Crippen LogP contribution in [0.4, 0.5) is 0 Å². The van der Waals surface area contributed by atoms with Crippen molar-refractivity contribution >= 4 is 0 Å². The summed E-state index contributed by atoms with van der Waals surface area (Å²) in [6.45, 7) is 0. The van der Waals surface area contributed by atoms with Crippen molar-refractivity contribution in [2.45, 2.75) is 0 Å². The van der Waals surface area contributed by atoms with Crippen LogP contribution < -0.4 is 0 Å². The molecule has 0 radical (unpaired) electrons. The Morgan fingerprint density at radius 2 is 2.00 bits per heavy atom. The van der Waals surface area contributed by atoms with E-state index >= 15 is 0 Å². The van der Waals surface area contributed by atoms with Crippen molar-refractivity contribution < 1.29 is 44.8 Å². The molecule has 1 aromatic heterocycles. The zero-order valence-electron chi connectivity index (χ0n) is 3.78. The van der Waals surface area contributed by atoms with E-state index < -0.39 is 0 Å². The minimum absolute atomic E-state index is 0. The van der Waals surface area contributed by atoms with Gasteiger partial charge in [-0.15, -0.1) is 0 Å². The molecule has 0 saturated heterocycles. The summed E-state index contributed by atoms with van der Waals surface area (Å²) in [7, 11) is 0. The molecule has 3 heteroatoms. The van der Waals surface area contributed by atoms with Gasteiger partial charge in [0, 0.05) is 0 Å². The molecule has 0 fully saturated rings. The summed E-state index contributed by atoms with van der Waals surface area (Å²) in [5.41, 5.74) is 0. The van der Waals surface area contributed by atoms with Gasteiger partial charge in [0.25, 0.3) is 0 Å². The smallest absolute Gasteiger partial charge is 0.529 e. The van der Waals surface area contributed by atoms with Crippen LogP contribution in [0.1, 0.15) is 0 Å². The molecule has 0 saturated carbocycles. The largest absolute Gasteiger partial charge is 1.00 e. The maximum Gasteiger partial charge on any atom is 1.00 e. The normalized spacial score (nSPS) is 6.00. The fraction of sp³-hybridized carbons (Fsp3) is 0. The van der Waals surface area contributed by atoms with Gasteiger partial charge in [-0.2, -0.15) is 0 Å². The molecule has 1 rings (SSSR count). The SMILES string of the molecule is [Ag+].[Ag+].[c-]1c[c-]ncc1. The zero-order valence-corrected chi connectivity index (χ0v) is 6.75. The Morgan fingerprint density at radius 3 is 2.12 bits per heavy atom. The van der Waals surface area contributed by atoms with Gasteiger partial charge < -0.3 is 11.1 Å². The van der Waals surface area contributed by atoms with Gasteiger partial charge in [-0.25, -0.2) is 6.20 Å². The molecule has 1 nitrogen and oxygen atoms in total. The molecule has 1 heterocycles. The van der Waals surface area contributed by atoms with Gasteiger partial charge in [0.1, 0.15) is 0 Å². The first-order valence-electron chi connectivity index (χ1n) is 1.68. The first-order chi connectivity index (χ1) is 3.00. The number of hydrogen-bond donors (Lipinski definition) is 0. The van der Waals surface area contributed by atoms with E-state index in [0.29, 0.717) is 0 Å². The minimum Gasteiger partial charge on any atom is -0.529 e. The molecule has 0 aromatic carbocycles. The summed E-state index contributed by atoms with van der Waals surface area (Å²) >= 11 is 0. The van der Waals surface area contributed by atoms with Crippen LogP contribution in [0.3, 0.4) is 0 Å². The van der Waals surface area contributed by atoms with Gasteiger partial charge in [-0.05, 0) is 0 Å². The average molecular weight is 293 g/mol. The van der Waals surface area contributed by atoms with E-state index in [1.54, 1.807) is 18.3 Å². The number of nitrogens with zero attached hydrogens (tertiary/aromatic N) is 1. The van der Waals surface area contributed by atoms with Crippen LogP contribution in [0.25, 0.3) is 0 Å². The quantitative estimate of drug-likeness (QED) is 0.506. The summed E-state index contributed by atoms with van der Waals surface area (Å²) in [6, 6.07) is 6.15. The van der Waals surface area contributed by atoms with Crippen LogP contribution in [-0.4, -0.2) is 4.98 Å². The van der Waals surface area contributed by atoms with E-state index in [9.17, 15) is 0 Å². The van der Waals surface area contributed by atoms with Crippen LogP contribution in [0.15, 0.2) is 18.3 Å². The molecule has 0 atom stereocenters. The van der Waals surface area contributed by atoms with Gasteiger partial charge in [0.15, 0.2) is 0 Å². The Balaban J connectivity index is 0. The topological polar surface area (TPSA) is 12.9 Å². The van der Waals surface area contributed by atoms with Crippen molar-refractivity contribution in [2.24, 2.45) is 0 Å². The molecule has 0 aliphatic carbocycles. The number of hydrogen-bond acceptors (Lipinski definition) is 1. The van der Waals surface area contributed by atoms with Crippen molar-refractivity contribution in [3.63, 3.8) is 0 Å². The summed E-state index contributed by atoms with van der Waals surface area (Å²) in [5.74, 6) is 0. The minimum atomic E-state index is 0. The monoisotopic (exact) mass is 291 g/mol. The van der Waals surface area contributed by atoms with Gasteiger partial charge in [-0.3, -0.25) is 18.3 Å². The van der Waals surface area contributed by atoms with E-state index in [-0.39, 0.29) is 44.8 Å². The Bertz CT molecular complexity index is 82.4. The van der Waals surface area contributed by atoms with Crippen molar-refractivity contribution in [2.75, 3.05) is 0 Å². The third-order valence-electron chi connectivity index (χ3n) is 0.468. The van der Waals surface area contributed by atoms with E-state index in [2.05, 4.69) is 17.2 Å². The predicted octanol–water partition coefficient (Wildman–Crippen LogP) is 0.677. The second kappa shape index (κ2) is 7.63. The van der Waals surface area contributed by atoms with Crippen molar-refractivity contribution in [3.05, 3.63) is 30.6 Å². The Labute approximate surface area is 79.9 Å². The van der Waals surface area contributed by atoms with Crippen LogP contribution in [-0.2, 0) is 44.8 Å². The van der Waals surface area contributed by atoms with Gasteiger partial charge in [-0.1, -0.05) is 0 Å². The average Bonchev–Trinajstić information content (AvgIpc) is 1.72. The van der Waals surface area contributed by atoms with Gasteiger partial charge in [0.05, 0.1) is 0 Å². The summed E-state index contributed by atoms with van der Waals surface area (Å²) in [4.78, 5) is 3.63. The third kappa shape index (κ3) is 4.78. The van der Waals surface area contributed by atoms with Crippen LogP contribution in [0.5, 0.6) is 0 Å². The Morgan fingerprint density at radius 1 is 1.25 bits per heavy atom. The molecular weight excluding hydrogens is 290 g/mol.